The number of nitrogens with one attached hydrogen (secondary N) is 2. The molecule has 0 bridgehead atoms. The molecular formula is C18H18N4O5. The van der Waals surface area contributed by atoms with Crippen LogP contribution >= 0.6 is 0 Å². The fourth-order valence-electron chi connectivity index (χ4n) is 2.34. The van der Waals surface area contributed by atoms with Crippen molar-refractivity contribution in [2.24, 2.45) is 4.99 Å². The minimum absolute atomic E-state index is 0.148. The highest BCUT2D eigenvalue weighted by molar-refractivity contribution is 6.37. The quantitative estimate of drug-likeness (QED) is 0.727. The first-order valence-corrected chi connectivity index (χ1v) is 8.24. The Balaban J connectivity index is 1.56. The van der Waals surface area contributed by atoms with Gasteiger partial charge in [-0.15, -0.1) is 0 Å². The van der Waals surface area contributed by atoms with E-state index in [-0.39, 0.29) is 18.3 Å². The number of furan rings is 1. The maximum absolute atomic E-state index is 12.3. The third-order valence-corrected chi connectivity index (χ3v) is 3.70. The molecule has 1 aliphatic heterocycles. The summed E-state index contributed by atoms with van der Waals surface area (Å²) in [5, 5.41) is 3.79. The zero-order chi connectivity index (χ0) is 19.2. The van der Waals surface area contributed by atoms with Crippen LogP contribution in [0, 0.1) is 0 Å². The molecule has 2 aromatic rings. The number of ether oxygens (including phenoxy) is 1. The van der Waals surface area contributed by atoms with E-state index in [0.717, 1.165) is 0 Å². The minimum Gasteiger partial charge on any atom is -0.467 e. The lowest BCUT2D eigenvalue weighted by atomic mass is 10.2. The lowest BCUT2D eigenvalue weighted by molar-refractivity contribution is -0.142. The maximum Gasteiger partial charge on any atom is 0.375 e. The Kier molecular flexibility index (Phi) is 5.50. The van der Waals surface area contributed by atoms with Crippen LogP contribution in [-0.2, 0) is 25.7 Å². The van der Waals surface area contributed by atoms with Gasteiger partial charge >= 0.3 is 5.97 Å². The molecule has 9 heteroatoms. The molecule has 27 heavy (non-hydrogen) atoms. The normalized spacial score (nSPS) is 16.3. The second-order valence-electron chi connectivity index (χ2n) is 5.71. The number of anilines is 1. The second kappa shape index (κ2) is 8.17. The van der Waals surface area contributed by atoms with Crippen molar-refractivity contribution in [2.45, 2.75) is 19.5 Å². The summed E-state index contributed by atoms with van der Waals surface area (Å²) in [6.07, 6.45) is 1.50. The first-order valence-electron chi connectivity index (χ1n) is 8.24. The number of amides is 2. The zero-order valence-corrected chi connectivity index (χ0v) is 14.5. The van der Waals surface area contributed by atoms with Crippen LogP contribution in [0.3, 0.4) is 0 Å². The van der Waals surface area contributed by atoms with E-state index in [1.54, 1.807) is 43.3 Å². The molecule has 2 N–H and O–H groups in total. The van der Waals surface area contributed by atoms with Gasteiger partial charge in [-0.1, -0.05) is 18.2 Å². The van der Waals surface area contributed by atoms with Gasteiger partial charge in [0.15, 0.2) is 6.61 Å². The van der Waals surface area contributed by atoms with Gasteiger partial charge < -0.3 is 14.5 Å². The number of rotatable bonds is 6. The number of hydrazine groups is 1. The highest BCUT2D eigenvalue weighted by Crippen LogP contribution is 2.16. The lowest BCUT2D eigenvalue weighted by Crippen LogP contribution is -2.56. The highest BCUT2D eigenvalue weighted by Gasteiger charge is 2.31. The lowest BCUT2D eigenvalue weighted by Gasteiger charge is -2.30. The van der Waals surface area contributed by atoms with Gasteiger partial charge in [-0.25, -0.2) is 14.8 Å². The predicted octanol–water partition coefficient (Wildman–Crippen LogP) is 0.777. The van der Waals surface area contributed by atoms with Crippen molar-refractivity contribution < 1.29 is 23.5 Å². The van der Waals surface area contributed by atoms with Crippen LogP contribution in [0.2, 0.25) is 0 Å². The second-order valence-corrected chi connectivity index (χ2v) is 5.71. The summed E-state index contributed by atoms with van der Waals surface area (Å²) in [4.78, 5) is 40.3. The van der Waals surface area contributed by atoms with Crippen molar-refractivity contribution in [1.29, 1.82) is 0 Å². The fourth-order valence-corrected chi connectivity index (χ4v) is 2.34. The first-order chi connectivity index (χ1) is 13.0. The van der Waals surface area contributed by atoms with E-state index in [0.29, 0.717) is 11.4 Å². The maximum atomic E-state index is 12.3. The molecule has 2 amide bonds. The van der Waals surface area contributed by atoms with Gasteiger partial charge in [-0.3, -0.25) is 15.0 Å². The first kappa shape index (κ1) is 18.2. The number of hydrogen-bond donors (Lipinski definition) is 2. The third kappa shape index (κ3) is 4.51. The zero-order valence-electron chi connectivity index (χ0n) is 14.5. The molecule has 3 rings (SSSR count). The summed E-state index contributed by atoms with van der Waals surface area (Å²) < 4.78 is 10.1. The number of aliphatic imine (C=N–C) groups is 1. The Bertz CT molecular complexity index is 848. The fraction of sp³-hybridized carbons (Fsp3) is 0.222. The number of amidine groups is 1. The summed E-state index contributed by atoms with van der Waals surface area (Å²) in [5.41, 5.74) is 3.20. The SMILES string of the molecule is C[C@H]1N=C(C(=O)OCC(=O)NCc2ccco2)NN(c2ccccc2)C1=O. The van der Waals surface area contributed by atoms with Crippen molar-refractivity contribution in [3.8, 4) is 0 Å². The molecule has 1 aromatic carbocycles. The molecule has 1 atom stereocenters. The summed E-state index contributed by atoms with van der Waals surface area (Å²) in [5.74, 6) is -1.19. The smallest absolute Gasteiger partial charge is 0.375 e. The standard InChI is InChI=1S/C18H18N4O5/c1-12-17(24)22(13-6-3-2-4-7-13)21-16(20-12)18(25)27-11-15(23)19-10-14-8-5-9-26-14/h2-9,12H,10-11H2,1H3,(H,19,23)(H,20,21)/t12-/m1/s1. The van der Waals surface area contributed by atoms with Crippen LogP contribution in [0.25, 0.3) is 0 Å². The van der Waals surface area contributed by atoms with E-state index in [1.165, 1.54) is 11.3 Å². The van der Waals surface area contributed by atoms with E-state index >= 15 is 0 Å². The highest BCUT2D eigenvalue weighted by atomic mass is 16.5. The van der Waals surface area contributed by atoms with Crippen molar-refractivity contribution >= 4 is 29.3 Å². The summed E-state index contributed by atoms with van der Waals surface area (Å²) in [6, 6.07) is 11.4. The van der Waals surface area contributed by atoms with Crippen LogP contribution in [0.4, 0.5) is 5.69 Å². The van der Waals surface area contributed by atoms with E-state index in [4.69, 9.17) is 9.15 Å². The molecule has 0 spiro atoms. The third-order valence-electron chi connectivity index (χ3n) is 3.70. The molecule has 0 aliphatic carbocycles. The van der Waals surface area contributed by atoms with E-state index in [2.05, 4.69) is 15.7 Å². The molecule has 1 aliphatic rings. The van der Waals surface area contributed by atoms with E-state index < -0.39 is 24.5 Å². The van der Waals surface area contributed by atoms with Crippen LogP contribution in [0.5, 0.6) is 0 Å². The van der Waals surface area contributed by atoms with Gasteiger partial charge in [-0.05, 0) is 31.2 Å². The van der Waals surface area contributed by atoms with Crippen molar-refractivity contribution in [3.05, 3.63) is 54.5 Å². The van der Waals surface area contributed by atoms with Gasteiger partial charge in [0.25, 0.3) is 11.8 Å². The molecule has 140 valence electrons. The molecule has 1 aromatic heterocycles. The van der Waals surface area contributed by atoms with Crippen LogP contribution < -0.4 is 15.8 Å². The van der Waals surface area contributed by atoms with Gasteiger partial charge in [0.1, 0.15) is 11.8 Å². The number of carbonyl (C=O) groups excluding carboxylic acids is 3. The van der Waals surface area contributed by atoms with Gasteiger partial charge in [-0.2, -0.15) is 0 Å². The number of para-hydroxylation sites is 1. The van der Waals surface area contributed by atoms with Crippen LogP contribution in [-0.4, -0.2) is 36.3 Å². The number of benzene rings is 1. The molecule has 2 heterocycles. The Morgan fingerprint density at radius 3 is 2.74 bits per heavy atom. The minimum atomic E-state index is -0.830. The molecule has 9 nitrogen and oxygen atoms in total. The number of esters is 1. The van der Waals surface area contributed by atoms with E-state index in [9.17, 15) is 14.4 Å². The Hall–Kier alpha value is -3.62. The number of nitrogens with zero attached hydrogens (tertiary/aromatic N) is 2. The van der Waals surface area contributed by atoms with Crippen molar-refractivity contribution in [1.82, 2.24) is 10.7 Å². The Morgan fingerprint density at radius 1 is 1.26 bits per heavy atom. The number of hydrogen-bond acceptors (Lipinski definition) is 7. The van der Waals surface area contributed by atoms with E-state index in [1.807, 2.05) is 6.07 Å². The van der Waals surface area contributed by atoms with Gasteiger partial charge in [0.05, 0.1) is 18.5 Å². The number of carbonyl (C=O) groups is 3. The molecule has 0 fully saturated rings. The summed E-state index contributed by atoms with van der Waals surface area (Å²) >= 11 is 0. The topological polar surface area (TPSA) is 113 Å². The van der Waals surface area contributed by atoms with Crippen molar-refractivity contribution in [3.63, 3.8) is 0 Å². The van der Waals surface area contributed by atoms with Gasteiger partial charge in [0.2, 0.25) is 5.84 Å². The Labute approximate surface area is 155 Å². The van der Waals surface area contributed by atoms with Crippen LogP contribution in [0.15, 0.2) is 58.1 Å². The predicted molar refractivity (Wildman–Crippen MR) is 95.5 cm³/mol. The molecule has 0 saturated heterocycles. The van der Waals surface area contributed by atoms with Gasteiger partial charge in [0, 0.05) is 0 Å². The molecular weight excluding hydrogens is 352 g/mol. The summed E-state index contributed by atoms with van der Waals surface area (Å²) in [6.45, 7) is 1.28. The van der Waals surface area contributed by atoms with Crippen LogP contribution in [0.1, 0.15) is 12.7 Å². The molecule has 0 radical (unpaired) electrons. The Morgan fingerprint density at radius 2 is 2.04 bits per heavy atom. The summed E-state index contributed by atoms with van der Waals surface area (Å²) in [7, 11) is 0. The molecule has 0 saturated carbocycles. The van der Waals surface area contributed by atoms with Crippen molar-refractivity contribution in [2.75, 3.05) is 11.6 Å². The molecule has 0 unspecified atom stereocenters. The average Bonchev–Trinajstić information content (AvgIpc) is 3.20. The average molecular weight is 370 g/mol. The monoisotopic (exact) mass is 370 g/mol. The largest absolute Gasteiger partial charge is 0.467 e.